The number of hydrogen-bond donors (Lipinski definition) is 0. The van der Waals surface area contributed by atoms with Gasteiger partial charge in [0.25, 0.3) is 0 Å². The van der Waals surface area contributed by atoms with E-state index in [1.54, 1.807) is 6.92 Å². The van der Waals surface area contributed by atoms with E-state index in [9.17, 15) is 4.39 Å². The first-order chi connectivity index (χ1) is 6.72. The zero-order valence-corrected chi connectivity index (χ0v) is 7.32. The van der Waals surface area contributed by atoms with Crippen LogP contribution in [-0.4, -0.2) is 15.4 Å². The molecule has 0 saturated carbocycles. The Morgan fingerprint density at radius 3 is 2.86 bits per heavy atom. The molecule has 68 valence electrons. The smallest absolute Gasteiger partial charge is 0.125 e. The van der Waals surface area contributed by atoms with Gasteiger partial charge in [0, 0.05) is 5.39 Å². The topological polar surface area (TPSA) is 62.5 Å². The Hall–Kier alpha value is -2.09. The lowest BCUT2D eigenvalue weighted by Crippen LogP contribution is -1.96. The second-order valence-electron chi connectivity index (χ2n) is 2.84. The van der Waals surface area contributed by atoms with Crippen molar-refractivity contribution in [2.45, 2.75) is 6.92 Å². The Morgan fingerprint density at radius 2 is 2.14 bits per heavy atom. The highest BCUT2D eigenvalue weighted by molar-refractivity contribution is 5.85. The highest BCUT2D eigenvalue weighted by Gasteiger charge is 2.08. The van der Waals surface area contributed by atoms with Gasteiger partial charge in [-0.25, -0.2) is 4.39 Å². The first-order valence-corrected chi connectivity index (χ1v) is 3.91. The summed E-state index contributed by atoms with van der Waals surface area (Å²) in [5.41, 5.74) is 1.13. The number of halogens is 1. The number of rotatable bonds is 0. The zero-order valence-electron chi connectivity index (χ0n) is 7.32. The van der Waals surface area contributed by atoms with Gasteiger partial charge in [-0.1, -0.05) is 0 Å². The standard InChI is InChI=1S/C9H5FN4/c1-5-8-3-7(10)2-6(4-11)9(8)13-14-12-5/h2-3H,1H3. The van der Waals surface area contributed by atoms with Crippen LogP contribution in [0.25, 0.3) is 10.9 Å². The summed E-state index contributed by atoms with van der Waals surface area (Å²) in [6.07, 6.45) is 0. The van der Waals surface area contributed by atoms with Gasteiger partial charge in [-0.3, -0.25) is 0 Å². The van der Waals surface area contributed by atoms with Crippen LogP contribution in [0.4, 0.5) is 4.39 Å². The highest BCUT2D eigenvalue weighted by Crippen LogP contribution is 2.18. The van der Waals surface area contributed by atoms with Gasteiger partial charge in [0.15, 0.2) is 0 Å². The van der Waals surface area contributed by atoms with Crippen LogP contribution in [0.2, 0.25) is 0 Å². The quantitative estimate of drug-likeness (QED) is 0.625. The van der Waals surface area contributed by atoms with Crippen molar-refractivity contribution in [1.82, 2.24) is 15.4 Å². The molecule has 0 unspecified atom stereocenters. The molecule has 0 atom stereocenters. The number of aromatic nitrogens is 3. The van der Waals surface area contributed by atoms with Gasteiger partial charge in [-0.05, 0) is 24.3 Å². The van der Waals surface area contributed by atoms with E-state index in [0.29, 0.717) is 16.6 Å². The number of nitrogens with zero attached hydrogens (tertiary/aromatic N) is 4. The molecule has 1 aromatic heterocycles. The summed E-state index contributed by atoms with van der Waals surface area (Å²) in [4.78, 5) is 0. The van der Waals surface area contributed by atoms with Gasteiger partial charge in [0.2, 0.25) is 0 Å². The third-order valence-corrected chi connectivity index (χ3v) is 1.92. The highest BCUT2D eigenvalue weighted by atomic mass is 19.1. The Kier molecular flexibility index (Phi) is 1.82. The van der Waals surface area contributed by atoms with Crippen LogP contribution in [0.3, 0.4) is 0 Å². The fourth-order valence-corrected chi connectivity index (χ4v) is 1.26. The summed E-state index contributed by atoms with van der Waals surface area (Å²) in [6, 6.07) is 4.30. The summed E-state index contributed by atoms with van der Waals surface area (Å²) in [6.45, 7) is 1.69. The molecule has 0 aliphatic carbocycles. The van der Waals surface area contributed by atoms with Gasteiger partial charge in [-0.2, -0.15) is 5.26 Å². The second kappa shape index (κ2) is 3.00. The normalized spacial score (nSPS) is 10.1. The fourth-order valence-electron chi connectivity index (χ4n) is 1.26. The molecule has 0 fully saturated rings. The predicted octanol–water partition coefficient (Wildman–Crippen LogP) is 1.34. The van der Waals surface area contributed by atoms with Crippen molar-refractivity contribution >= 4 is 10.9 Å². The van der Waals surface area contributed by atoms with Crippen LogP contribution < -0.4 is 0 Å². The first-order valence-electron chi connectivity index (χ1n) is 3.91. The van der Waals surface area contributed by atoms with Crippen LogP contribution >= 0.6 is 0 Å². The van der Waals surface area contributed by atoms with E-state index in [1.165, 1.54) is 6.07 Å². The molecule has 0 spiro atoms. The molecular formula is C9H5FN4. The van der Waals surface area contributed by atoms with Crippen LogP contribution in [-0.2, 0) is 0 Å². The van der Waals surface area contributed by atoms with Gasteiger partial charge in [-0.15, -0.1) is 10.2 Å². The minimum atomic E-state index is -0.466. The molecule has 5 heteroatoms. The monoisotopic (exact) mass is 188 g/mol. The third kappa shape index (κ3) is 1.17. The van der Waals surface area contributed by atoms with Gasteiger partial charge in [0.05, 0.1) is 11.3 Å². The van der Waals surface area contributed by atoms with E-state index < -0.39 is 5.82 Å². The average molecular weight is 188 g/mol. The maximum Gasteiger partial charge on any atom is 0.125 e. The van der Waals surface area contributed by atoms with E-state index in [0.717, 1.165) is 6.07 Å². The zero-order chi connectivity index (χ0) is 10.1. The van der Waals surface area contributed by atoms with Crippen LogP contribution in [0.1, 0.15) is 11.3 Å². The van der Waals surface area contributed by atoms with E-state index in [2.05, 4.69) is 15.4 Å². The number of hydrogen-bond acceptors (Lipinski definition) is 4. The summed E-state index contributed by atoms with van der Waals surface area (Å²) in [5, 5.41) is 20.1. The maximum atomic E-state index is 13.0. The summed E-state index contributed by atoms with van der Waals surface area (Å²) in [5.74, 6) is -0.466. The van der Waals surface area contributed by atoms with E-state index >= 15 is 0 Å². The lowest BCUT2D eigenvalue weighted by atomic mass is 10.1. The molecule has 0 aliphatic heterocycles. The van der Waals surface area contributed by atoms with Gasteiger partial charge >= 0.3 is 0 Å². The van der Waals surface area contributed by atoms with Crippen molar-refractivity contribution in [2.75, 3.05) is 0 Å². The Morgan fingerprint density at radius 1 is 1.36 bits per heavy atom. The summed E-state index contributed by atoms with van der Waals surface area (Å²) >= 11 is 0. The van der Waals surface area contributed by atoms with E-state index in [-0.39, 0.29) is 5.56 Å². The minimum absolute atomic E-state index is 0.179. The molecule has 0 bridgehead atoms. The Bertz CT molecular complexity index is 544. The largest absolute Gasteiger partial charge is 0.207 e. The van der Waals surface area contributed by atoms with Crippen molar-refractivity contribution in [1.29, 1.82) is 5.26 Å². The van der Waals surface area contributed by atoms with Crippen LogP contribution in [0.5, 0.6) is 0 Å². The molecule has 0 saturated heterocycles. The number of nitriles is 1. The van der Waals surface area contributed by atoms with Crippen LogP contribution in [0.15, 0.2) is 12.1 Å². The summed E-state index contributed by atoms with van der Waals surface area (Å²) < 4.78 is 13.0. The molecule has 1 aromatic carbocycles. The Labute approximate surface area is 79.0 Å². The van der Waals surface area contributed by atoms with Crippen molar-refractivity contribution in [3.05, 3.63) is 29.2 Å². The first kappa shape index (κ1) is 8.51. The molecule has 2 rings (SSSR count). The Balaban J connectivity index is 2.96. The fraction of sp³-hybridized carbons (Fsp3) is 0.111. The van der Waals surface area contributed by atoms with E-state index in [4.69, 9.17) is 5.26 Å². The minimum Gasteiger partial charge on any atom is -0.207 e. The number of benzene rings is 1. The third-order valence-electron chi connectivity index (χ3n) is 1.92. The van der Waals surface area contributed by atoms with Crippen molar-refractivity contribution < 1.29 is 4.39 Å². The van der Waals surface area contributed by atoms with Crippen molar-refractivity contribution in [3.8, 4) is 6.07 Å². The molecular weight excluding hydrogens is 183 g/mol. The molecule has 14 heavy (non-hydrogen) atoms. The molecule has 1 heterocycles. The van der Waals surface area contributed by atoms with Gasteiger partial charge < -0.3 is 0 Å². The lowest BCUT2D eigenvalue weighted by Gasteiger charge is -2.00. The number of fused-ring (bicyclic) bond motifs is 1. The summed E-state index contributed by atoms with van der Waals surface area (Å²) in [7, 11) is 0. The molecule has 0 amide bonds. The van der Waals surface area contributed by atoms with Gasteiger partial charge in [0.1, 0.15) is 17.4 Å². The average Bonchev–Trinajstić information content (AvgIpc) is 2.18. The predicted molar refractivity (Wildman–Crippen MR) is 46.7 cm³/mol. The SMILES string of the molecule is Cc1nnnc2c(C#N)cc(F)cc12. The van der Waals surface area contributed by atoms with E-state index in [1.807, 2.05) is 6.07 Å². The number of aryl methyl sites for hydroxylation is 1. The van der Waals surface area contributed by atoms with Crippen molar-refractivity contribution in [2.24, 2.45) is 0 Å². The molecule has 0 N–H and O–H groups in total. The lowest BCUT2D eigenvalue weighted by molar-refractivity contribution is 0.628. The van der Waals surface area contributed by atoms with Crippen LogP contribution in [0, 0.1) is 24.1 Å². The second-order valence-corrected chi connectivity index (χ2v) is 2.84. The molecule has 0 radical (unpaired) electrons. The molecule has 0 aliphatic rings. The molecule has 2 aromatic rings. The molecule has 4 nitrogen and oxygen atoms in total. The maximum absolute atomic E-state index is 13.0. The van der Waals surface area contributed by atoms with Crippen molar-refractivity contribution in [3.63, 3.8) is 0 Å².